The SMILES string of the molecule is CC1CC(C)CC(OCc2ccc(N)c3cccnc23)C1. The highest BCUT2D eigenvalue weighted by atomic mass is 16.5. The maximum atomic E-state index is 6.18. The van der Waals surface area contributed by atoms with Gasteiger partial charge in [-0.25, -0.2) is 0 Å². The lowest BCUT2D eigenvalue weighted by atomic mass is 9.82. The van der Waals surface area contributed by atoms with Gasteiger partial charge in [0.2, 0.25) is 0 Å². The lowest BCUT2D eigenvalue weighted by Gasteiger charge is -2.31. The molecule has 1 heterocycles. The third-order valence-electron chi connectivity index (χ3n) is 4.50. The van der Waals surface area contributed by atoms with Crippen LogP contribution in [0.4, 0.5) is 5.69 Å². The summed E-state index contributed by atoms with van der Waals surface area (Å²) in [7, 11) is 0. The van der Waals surface area contributed by atoms with E-state index in [0.717, 1.165) is 34.0 Å². The number of ether oxygens (including phenoxy) is 1. The van der Waals surface area contributed by atoms with E-state index in [1.165, 1.54) is 19.3 Å². The number of anilines is 1. The number of pyridine rings is 1. The Morgan fingerprint density at radius 3 is 2.67 bits per heavy atom. The molecule has 0 aliphatic heterocycles. The van der Waals surface area contributed by atoms with Crippen LogP contribution < -0.4 is 5.73 Å². The quantitative estimate of drug-likeness (QED) is 0.861. The molecule has 0 amide bonds. The Morgan fingerprint density at radius 1 is 1.14 bits per heavy atom. The van der Waals surface area contributed by atoms with Crippen molar-refractivity contribution in [1.82, 2.24) is 4.98 Å². The van der Waals surface area contributed by atoms with Crippen molar-refractivity contribution in [2.45, 2.75) is 45.8 Å². The molecule has 0 saturated heterocycles. The molecule has 21 heavy (non-hydrogen) atoms. The molecule has 0 spiro atoms. The number of nitrogens with two attached hydrogens (primary N) is 1. The van der Waals surface area contributed by atoms with Gasteiger partial charge in [0.25, 0.3) is 0 Å². The van der Waals surface area contributed by atoms with Crippen molar-refractivity contribution in [2.24, 2.45) is 11.8 Å². The lowest BCUT2D eigenvalue weighted by Crippen LogP contribution is -2.26. The first-order chi connectivity index (χ1) is 10.1. The minimum absolute atomic E-state index is 0.375. The highest BCUT2D eigenvalue weighted by Crippen LogP contribution is 2.31. The molecule has 1 saturated carbocycles. The molecule has 2 atom stereocenters. The van der Waals surface area contributed by atoms with Crippen molar-refractivity contribution in [3.8, 4) is 0 Å². The zero-order chi connectivity index (χ0) is 14.8. The molecule has 0 bridgehead atoms. The van der Waals surface area contributed by atoms with Gasteiger partial charge in [0, 0.05) is 22.8 Å². The summed E-state index contributed by atoms with van der Waals surface area (Å²) in [6.07, 6.45) is 5.86. The maximum Gasteiger partial charge on any atom is 0.0777 e. The summed E-state index contributed by atoms with van der Waals surface area (Å²) in [5, 5.41) is 1.02. The minimum Gasteiger partial charge on any atom is -0.398 e. The third kappa shape index (κ3) is 3.18. The minimum atomic E-state index is 0.375. The molecular weight excluding hydrogens is 260 g/mol. The Morgan fingerprint density at radius 2 is 1.90 bits per heavy atom. The second-order valence-corrected chi connectivity index (χ2v) is 6.56. The van der Waals surface area contributed by atoms with Crippen LogP contribution in [0.3, 0.4) is 0 Å². The number of hydrogen-bond donors (Lipinski definition) is 1. The van der Waals surface area contributed by atoms with Crippen LogP contribution in [0.2, 0.25) is 0 Å². The van der Waals surface area contributed by atoms with E-state index >= 15 is 0 Å². The summed E-state index contributed by atoms with van der Waals surface area (Å²) in [5.41, 5.74) is 8.90. The molecule has 0 radical (unpaired) electrons. The van der Waals surface area contributed by atoms with Gasteiger partial charge in [0.05, 0.1) is 18.2 Å². The number of rotatable bonds is 3. The van der Waals surface area contributed by atoms with Crippen LogP contribution in [0.15, 0.2) is 30.5 Å². The van der Waals surface area contributed by atoms with E-state index in [1.54, 1.807) is 0 Å². The summed E-state index contributed by atoms with van der Waals surface area (Å²) in [6.45, 7) is 5.27. The molecule has 2 aromatic rings. The van der Waals surface area contributed by atoms with Gasteiger partial charge in [-0.3, -0.25) is 4.98 Å². The predicted molar refractivity (Wildman–Crippen MR) is 86.9 cm³/mol. The summed E-state index contributed by atoms with van der Waals surface area (Å²) in [4.78, 5) is 4.48. The molecule has 2 N–H and O–H groups in total. The van der Waals surface area contributed by atoms with Crippen molar-refractivity contribution >= 4 is 16.6 Å². The van der Waals surface area contributed by atoms with Gasteiger partial charge < -0.3 is 10.5 Å². The molecule has 1 aromatic heterocycles. The monoisotopic (exact) mass is 284 g/mol. The zero-order valence-electron chi connectivity index (χ0n) is 12.9. The van der Waals surface area contributed by atoms with Crippen LogP contribution in [0, 0.1) is 11.8 Å². The van der Waals surface area contributed by atoms with Crippen LogP contribution >= 0.6 is 0 Å². The molecule has 1 aliphatic carbocycles. The predicted octanol–water partition coefficient (Wildman–Crippen LogP) is 4.16. The molecule has 112 valence electrons. The van der Waals surface area contributed by atoms with E-state index in [0.29, 0.717) is 12.7 Å². The summed E-state index contributed by atoms with van der Waals surface area (Å²) < 4.78 is 6.18. The maximum absolute atomic E-state index is 6.18. The van der Waals surface area contributed by atoms with Gasteiger partial charge in [0.15, 0.2) is 0 Å². The largest absolute Gasteiger partial charge is 0.398 e. The van der Waals surface area contributed by atoms with E-state index in [2.05, 4.69) is 18.8 Å². The van der Waals surface area contributed by atoms with Crippen LogP contribution in [-0.2, 0) is 11.3 Å². The molecular formula is C18H24N2O. The van der Waals surface area contributed by atoms with E-state index in [4.69, 9.17) is 10.5 Å². The Kier molecular flexibility index (Phi) is 4.11. The Labute approximate surface area is 126 Å². The summed E-state index contributed by atoms with van der Waals surface area (Å²) in [6, 6.07) is 7.94. The smallest absolute Gasteiger partial charge is 0.0777 e. The van der Waals surface area contributed by atoms with E-state index < -0.39 is 0 Å². The highest BCUT2D eigenvalue weighted by molar-refractivity contribution is 5.92. The van der Waals surface area contributed by atoms with E-state index in [-0.39, 0.29) is 0 Å². The fourth-order valence-electron chi connectivity index (χ4n) is 3.59. The van der Waals surface area contributed by atoms with Gasteiger partial charge in [0.1, 0.15) is 0 Å². The van der Waals surface area contributed by atoms with Crippen molar-refractivity contribution in [3.05, 3.63) is 36.0 Å². The molecule has 2 unspecified atom stereocenters. The average Bonchev–Trinajstić information content (AvgIpc) is 2.46. The Hall–Kier alpha value is -1.61. The van der Waals surface area contributed by atoms with Crippen LogP contribution in [0.25, 0.3) is 10.9 Å². The molecule has 3 rings (SSSR count). The Bertz CT molecular complexity index is 616. The standard InChI is InChI=1S/C18H24N2O/c1-12-8-13(2)10-15(9-12)21-11-14-5-6-17(19)16-4-3-7-20-18(14)16/h3-7,12-13,15H,8-11,19H2,1-2H3. The second-order valence-electron chi connectivity index (χ2n) is 6.56. The fraction of sp³-hybridized carbons (Fsp3) is 0.500. The third-order valence-corrected chi connectivity index (χ3v) is 4.50. The van der Waals surface area contributed by atoms with Gasteiger partial charge in [-0.1, -0.05) is 19.9 Å². The Balaban J connectivity index is 1.75. The van der Waals surface area contributed by atoms with Gasteiger partial charge >= 0.3 is 0 Å². The number of benzene rings is 1. The van der Waals surface area contributed by atoms with E-state index in [1.807, 2.05) is 30.5 Å². The van der Waals surface area contributed by atoms with Crippen LogP contribution in [0.1, 0.15) is 38.7 Å². The second kappa shape index (κ2) is 6.02. The number of aromatic nitrogens is 1. The average molecular weight is 284 g/mol. The first kappa shape index (κ1) is 14.3. The summed E-state index contributed by atoms with van der Waals surface area (Å²) >= 11 is 0. The van der Waals surface area contributed by atoms with E-state index in [9.17, 15) is 0 Å². The molecule has 1 aromatic carbocycles. The van der Waals surface area contributed by atoms with Crippen molar-refractivity contribution in [1.29, 1.82) is 0 Å². The number of fused-ring (bicyclic) bond motifs is 1. The van der Waals surface area contributed by atoms with Crippen molar-refractivity contribution in [2.75, 3.05) is 5.73 Å². The molecule has 3 nitrogen and oxygen atoms in total. The molecule has 3 heteroatoms. The first-order valence-electron chi connectivity index (χ1n) is 7.87. The summed E-state index contributed by atoms with van der Waals surface area (Å²) in [5.74, 6) is 1.53. The van der Waals surface area contributed by atoms with Crippen LogP contribution in [-0.4, -0.2) is 11.1 Å². The number of nitrogen functional groups attached to an aromatic ring is 1. The topological polar surface area (TPSA) is 48.1 Å². The lowest BCUT2D eigenvalue weighted by molar-refractivity contribution is -0.00875. The first-order valence-corrected chi connectivity index (χ1v) is 7.87. The van der Waals surface area contributed by atoms with Gasteiger partial charge in [-0.2, -0.15) is 0 Å². The number of nitrogens with zero attached hydrogens (tertiary/aromatic N) is 1. The number of hydrogen-bond acceptors (Lipinski definition) is 3. The fourth-order valence-corrected chi connectivity index (χ4v) is 3.59. The van der Waals surface area contributed by atoms with Crippen molar-refractivity contribution in [3.63, 3.8) is 0 Å². The highest BCUT2D eigenvalue weighted by Gasteiger charge is 2.24. The van der Waals surface area contributed by atoms with Crippen LogP contribution in [0.5, 0.6) is 0 Å². The normalized spacial score (nSPS) is 26.1. The molecule has 1 aliphatic rings. The zero-order valence-corrected chi connectivity index (χ0v) is 12.9. The van der Waals surface area contributed by atoms with Crippen molar-refractivity contribution < 1.29 is 4.74 Å². The molecule has 1 fully saturated rings. The van der Waals surface area contributed by atoms with Gasteiger partial charge in [-0.15, -0.1) is 0 Å². The van der Waals surface area contributed by atoms with Gasteiger partial charge in [-0.05, 0) is 49.3 Å².